The number of aryl methyl sites for hydroxylation is 1. The van der Waals surface area contributed by atoms with Crippen LogP contribution in [0.5, 0.6) is 0 Å². The maximum atomic E-state index is 11.5. The molecule has 0 bridgehead atoms. The molecule has 0 aliphatic carbocycles. The number of imidazole rings is 1. The molecular weight excluding hydrogens is 180 g/mol. The van der Waals surface area contributed by atoms with Gasteiger partial charge in [0.15, 0.2) is 0 Å². The fourth-order valence-corrected chi connectivity index (χ4v) is 1.26. The summed E-state index contributed by atoms with van der Waals surface area (Å²) < 4.78 is 6.74. The lowest BCUT2D eigenvalue weighted by Crippen LogP contribution is -2.14. The highest BCUT2D eigenvalue weighted by Crippen LogP contribution is 2.11. The zero-order valence-corrected chi connectivity index (χ0v) is 9.07. The lowest BCUT2D eigenvalue weighted by Gasteiger charge is -2.09. The Hall–Kier alpha value is -1.32. The van der Waals surface area contributed by atoms with E-state index >= 15 is 0 Å². The number of hydrogen-bond acceptors (Lipinski definition) is 3. The molecular formula is C10H16N2O2. The lowest BCUT2D eigenvalue weighted by atomic mass is 10.4. The number of hydrogen-bond donors (Lipinski definition) is 0. The number of aromatic nitrogens is 2. The SMILES string of the molecule is CCOC(=O)c1nc(C)cn1C(C)C. The van der Waals surface area contributed by atoms with E-state index in [0.29, 0.717) is 12.4 Å². The first-order chi connectivity index (χ1) is 6.56. The molecule has 1 rings (SSSR count). The van der Waals surface area contributed by atoms with Crippen molar-refractivity contribution in [1.82, 2.24) is 9.55 Å². The molecule has 1 aromatic heterocycles. The summed E-state index contributed by atoms with van der Waals surface area (Å²) in [6, 6.07) is 0.218. The van der Waals surface area contributed by atoms with Gasteiger partial charge in [0, 0.05) is 12.2 Å². The van der Waals surface area contributed by atoms with Crippen molar-refractivity contribution in [2.45, 2.75) is 33.7 Å². The highest BCUT2D eigenvalue weighted by molar-refractivity contribution is 5.85. The molecule has 0 saturated heterocycles. The average Bonchev–Trinajstić information content (AvgIpc) is 2.48. The van der Waals surface area contributed by atoms with Crippen LogP contribution < -0.4 is 0 Å². The second-order valence-corrected chi connectivity index (χ2v) is 3.43. The van der Waals surface area contributed by atoms with Gasteiger partial charge in [-0.05, 0) is 27.7 Å². The first-order valence-electron chi connectivity index (χ1n) is 4.78. The molecule has 0 unspecified atom stereocenters. The van der Waals surface area contributed by atoms with Crippen LogP contribution in [0.1, 0.15) is 43.1 Å². The summed E-state index contributed by atoms with van der Waals surface area (Å²) >= 11 is 0. The number of esters is 1. The Kier molecular flexibility index (Phi) is 3.28. The predicted octanol–water partition coefficient (Wildman–Crippen LogP) is 1.95. The van der Waals surface area contributed by atoms with Crippen molar-refractivity contribution in [1.29, 1.82) is 0 Å². The third-order valence-electron chi connectivity index (χ3n) is 1.87. The topological polar surface area (TPSA) is 44.1 Å². The van der Waals surface area contributed by atoms with Crippen LogP contribution in [0.15, 0.2) is 6.20 Å². The number of carbonyl (C=O) groups excluding carboxylic acids is 1. The van der Waals surface area contributed by atoms with Gasteiger partial charge >= 0.3 is 5.97 Å². The largest absolute Gasteiger partial charge is 0.460 e. The molecule has 0 N–H and O–H groups in total. The number of rotatable bonds is 3. The van der Waals surface area contributed by atoms with Crippen molar-refractivity contribution in [2.75, 3.05) is 6.61 Å². The molecule has 0 amide bonds. The fourth-order valence-electron chi connectivity index (χ4n) is 1.26. The maximum Gasteiger partial charge on any atom is 0.374 e. The van der Waals surface area contributed by atoms with Gasteiger partial charge in [-0.3, -0.25) is 0 Å². The normalized spacial score (nSPS) is 10.6. The van der Waals surface area contributed by atoms with E-state index in [2.05, 4.69) is 4.98 Å². The zero-order chi connectivity index (χ0) is 10.7. The highest BCUT2D eigenvalue weighted by atomic mass is 16.5. The number of carbonyl (C=O) groups is 1. The summed E-state index contributed by atoms with van der Waals surface area (Å²) in [4.78, 5) is 15.6. The molecule has 78 valence electrons. The van der Waals surface area contributed by atoms with Crippen molar-refractivity contribution in [3.8, 4) is 0 Å². The molecule has 4 heteroatoms. The molecule has 0 aromatic carbocycles. The zero-order valence-electron chi connectivity index (χ0n) is 9.07. The van der Waals surface area contributed by atoms with E-state index in [1.807, 2.05) is 31.5 Å². The molecule has 4 nitrogen and oxygen atoms in total. The second-order valence-electron chi connectivity index (χ2n) is 3.43. The molecule has 1 heterocycles. The minimum absolute atomic E-state index is 0.218. The van der Waals surface area contributed by atoms with Crippen LogP contribution in [0.4, 0.5) is 0 Å². The lowest BCUT2D eigenvalue weighted by molar-refractivity contribution is 0.0504. The van der Waals surface area contributed by atoms with E-state index in [1.54, 1.807) is 6.92 Å². The second kappa shape index (κ2) is 4.26. The van der Waals surface area contributed by atoms with Crippen molar-refractivity contribution >= 4 is 5.97 Å². The third kappa shape index (κ3) is 2.13. The van der Waals surface area contributed by atoms with E-state index in [1.165, 1.54) is 0 Å². The Bertz CT molecular complexity index is 329. The summed E-state index contributed by atoms with van der Waals surface area (Å²) in [5.74, 6) is 0.0358. The smallest absolute Gasteiger partial charge is 0.374 e. The van der Waals surface area contributed by atoms with Gasteiger partial charge in [0.05, 0.1) is 12.3 Å². The third-order valence-corrected chi connectivity index (χ3v) is 1.87. The highest BCUT2D eigenvalue weighted by Gasteiger charge is 2.16. The summed E-state index contributed by atoms with van der Waals surface area (Å²) in [6.45, 7) is 8.03. The van der Waals surface area contributed by atoms with Gasteiger partial charge in [-0.15, -0.1) is 0 Å². The first-order valence-corrected chi connectivity index (χ1v) is 4.78. The van der Waals surface area contributed by atoms with Crippen LogP contribution in [0, 0.1) is 6.92 Å². The summed E-state index contributed by atoms with van der Waals surface area (Å²) in [7, 11) is 0. The quantitative estimate of drug-likeness (QED) is 0.694. The molecule has 0 spiro atoms. The Morgan fingerprint density at radius 2 is 2.29 bits per heavy atom. The van der Waals surface area contributed by atoms with Crippen molar-refractivity contribution in [3.05, 3.63) is 17.7 Å². The van der Waals surface area contributed by atoms with Gasteiger partial charge in [0.1, 0.15) is 0 Å². The van der Waals surface area contributed by atoms with Gasteiger partial charge in [-0.2, -0.15) is 0 Å². The fraction of sp³-hybridized carbons (Fsp3) is 0.600. The van der Waals surface area contributed by atoms with Crippen LogP contribution in [0.3, 0.4) is 0 Å². The summed E-state index contributed by atoms with van der Waals surface area (Å²) in [6.07, 6.45) is 1.86. The average molecular weight is 196 g/mol. The van der Waals surface area contributed by atoms with E-state index in [-0.39, 0.29) is 12.0 Å². The molecule has 0 saturated carbocycles. The van der Waals surface area contributed by atoms with Crippen LogP contribution in [-0.4, -0.2) is 22.1 Å². The Labute approximate surface area is 83.9 Å². The van der Waals surface area contributed by atoms with Gasteiger partial charge in [-0.1, -0.05) is 0 Å². The van der Waals surface area contributed by atoms with Gasteiger partial charge < -0.3 is 9.30 Å². The van der Waals surface area contributed by atoms with Gasteiger partial charge in [0.25, 0.3) is 0 Å². The van der Waals surface area contributed by atoms with Crippen LogP contribution in [-0.2, 0) is 4.74 Å². The number of ether oxygens (including phenoxy) is 1. The minimum Gasteiger partial charge on any atom is -0.460 e. The summed E-state index contributed by atoms with van der Waals surface area (Å²) in [5, 5.41) is 0. The van der Waals surface area contributed by atoms with E-state index in [0.717, 1.165) is 5.69 Å². The first kappa shape index (κ1) is 10.8. The van der Waals surface area contributed by atoms with Crippen molar-refractivity contribution in [2.24, 2.45) is 0 Å². The van der Waals surface area contributed by atoms with Crippen molar-refractivity contribution < 1.29 is 9.53 Å². The molecule has 1 aromatic rings. The molecule has 0 aliphatic heterocycles. The Balaban J connectivity index is 3.00. The standard InChI is InChI=1S/C10H16N2O2/c1-5-14-10(13)9-11-8(4)6-12(9)7(2)3/h6-7H,5H2,1-4H3. The molecule has 0 aliphatic rings. The van der Waals surface area contributed by atoms with Gasteiger partial charge in [-0.25, -0.2) is 9.78 Å². The van der Waals surface area contributed by atoms with E-state index in [4.69, 9.17) is 4.74 Å². The number of nitrogens with zero attached hydrogens (tertiary/aromatic N) is 2. The van der Waals surface area contributed by atoms with Crippen LogP contribution >= 0.6 is 0 Å². The van der Waals surface area contributed by atoms with Crippen LogP contribution in [0.2, 0.25) is 0 Å². The Morgan fingerprint density at radius 1 is 1.64 bits per heavy atom. The predicted molar refractivity (Wildman–Crippen MR) is 53.3 cm³/mol. The molecule has 0 atom stereocenters. The van der Waals surface area contributed by atoms with E-state index < -0.39 is 0 Å². The molecule has 0 fully saturated rings. The van der Waals surface area contributed by atoms with Gasteiger partial charge in [0.2, 0.25) is 5.82 Å². The summed E-state index contributed by atoms with van der Waals surface area (Å²) in [5.41, 5.74) is 0.835. The van der Waals surface area contributed by atoms with Crippen molar-refractivity contribution in [3.63, 3.8) is 0 Å². The Morgan fingerprint density at radius 3 is 2.79 bits per heavy atom. The molecule has 0 radical (unpaired) electrons. The monoisotopic (exact) mass is 196 g/mol. The maximum absolute atomic E-state index is 11.5. The molecule has 14 heavy (non-hydrogen) atoms. The minimum atomic E-state index is -0.352. The van der Waals surface area contributed by atoms with Crippen LogP contribution in [0.25, 0.3) is 0 Å². The van der Waals surface area contributed by atoms with E-state index in [9.17, 15) is 4.79 Å².